The van der Waals surface area contributed by atoms with Crippen molar-refractivity contribution in [1.82, 2.24) is 0 Å². The van der Waals surface area contributed by atoms with Gasteiger partial charge in [-0.05, 0) is 86.0 Å². The van der Waals surface area contributed by atoms with E-state index in [0.29, 0.717) is 23.7 Å². The first-order valence-corrected chi connectivity index (χ1v) is 13.9. The second-order valence-corrected chi connectivity index (χ2v) is 13.8. The standard InChI is InChI=1S/C29H46O3/c1-18(22-16-20(22)3)6-7-19(2)23-8-9-24-26(23,4)12-11-25-27(5)13-10-21(30)17-28(27)14-15-29(24,25)32-31-28/h14-15,18-25,30H,6-13,16-17H2,1-5H3/t18-,19-,20-,21+,22+,23?,24?,25?,26-,27-,28-,29+/m1/s1. The average molecular weight is 443 g/mol. The van der Waals surface area contributed by atoms with Crippen molar-refractivity contribution in [3.05, 3.63) is 12.2 Å². The Kier molecular flexibility index (Phi) is 4.89. The van der Waals surface area contributed by atoms with Crippen molar-refractivity contribution >= 4 is 0 Å². The maximum atomic E-state index is 10.4. The zero-order valence-electron chi connectivity index (χ0n) is 21.1. The molecule has 5 aliphatic carbocycles. The second-order valence-electron chi connectivity index (χ2n) is 13.8. The molecule has 0 radical (unpaired) electrons. The van der Waals surface area contributed by atoms with Gasteiger partial charge in [-0.1, -0.05) is 53.5 Å². The molecule has 2 spiro atoms. The SMILES string of the molecule is C[C@H](CC[C@@H](C)[C@@H]1C[C@H]1C)C1CCC2[C@]1(C)CCC1[C@]23C=C[C@]2(C[C@@H](O)CC[C@]12C)OO3. The molecule has 2 heterocycles. The van der Waals surface area contributed by atoms with E-state index >= 15 is 0 Å². The van der Waals surface area contributed by atoms with E-state index in [9.17, 15) is 5.11 Å². The van der Waals surface area contributed by atoms with Crippen molar-refractivity contribution in [2.75, 3.05) is 0 Å². The zero-order valence-corrected chi connectivity index (χ0v) is 21.1. The summed E-state index contributed by atoms with van der Waals surface area (Å²) >= 11 is 0. The van der Waals surface area contributed by atoms with E-state index in [0.717, 1.165) is 42.4 Å². The molecule has 1 N–H and O–H groups in total. The molecule has 0 aromatic heterocycles. The number of aliphatic hydroxyl groups is 1. The molecule has 3 nitrogen and oxygen atoms in total. The van der Waals surface area contributed by atoms with Gasteiger partial charge in [-0.3, -0.25) is 0 Å². The van der Waals surface area contributed by atoms with Crippen LogP contribution in [0.25, 0.3) is 0 Å². The molecule has 5 fully saturated rings. The van der Waals surface area contributed by atoms with E-state index in [2.05, 4.69) is 46.8 Å². The molecule has 2 bridgehead atoms. The van der Waals surface area contributed by atoms with Crippen LogP contribution in [-0.2, 0) is 9.78 Å². The van der Waals surface area contributed by atoms with Crippen LogP contribution in [0.15, 0.2) is 12.2 Å². The van der Waals surface area contributed by atoms with Crippen LogP contribution >= 0.6 is 0 Å². The van der Waals surface area contributed by atoms with E-state index in [1.165, 1.54) is 44.9 Å². The van der Waals surface area contributed by atoms with Crippen molar-refractivity contribution in [3.8, 4) is 0 Å². The van der Waals surface area contributed by atoms with Gasteiger partial charge in [-0.2, -0.15) is 0 Å². The fourth-order valence-electron chi connectivity index (χ4n) is 10.2. The molecule has 0 aromatic carbocycles. The van der Waals surface area contributed by atoms with Gasteiger partial charge in [0.2, 0.25) is 0 Å². The van der Waals surface area contributed by atoms with Gasteiger partial charge in [0.15, 0.2) is 0 Å². The first-order chi connectivity index (χ1) is 15.2. The van der Waals surface area contributed by atoms with E-state index in [1.54, 1.807) is 0 Å². The van der Waals surface area contributed by atoms with Crippen LogP contribution in [0.2, 0.25) is 0 Å². The summed E-state index contributed by atoms with van der Waals surface area (Å²) in [5.74, 6) is 5.55. The van der Waals surface area contributed by atoms with Crippen LogP contribution in [0.1, 0.15) is 98.8 Å². The van der Waals surface area contributed by atoms with Crippen molar-refractivity contribution in [1.29, 1.82) is 0 Å². The Morgan fingerprint density at radius 2 is 1.69 bits per heavy atom. The summed E-state index contributed by atoms with van der Waals surface area (Å²) in [7, 11) is 0. The molecule has 0 amide bonds. The van der Waals surface area contributed by atoms with Gasteiger partial charge in [-0.25, -0.2) is 9.78 Å². The molecule has 7 rings (SSSR count). The molecule has 0 aromatic rings. The Morgan fingerprint density at radius 3 is 2.38 bits per heavy atom. The van der Waals surface area contributed by atoms with Crippen LogP contribution < -0.4 is 0 Å². The maximum absolute atomic E-state index is 10.4. The smallest absolute Gasteiger partial charge is 0.130 e. The predicted octanol–water partition coefficient (Wildman–Crippen LogP) is 6.70. The zero-order chi connectivity index (χ0) is 22.5. The fraction of sp³-hybridized carbons (Fsp3) is 0.931. The lowest BCUT2D eigenvalue weighted by Gasteiger charge is -2.69. The van der Waals surface area contributed by atoms with Gasteiger partial charge in [0.05, 0.1) is 6.10 Å². The molecular weight excluding hydrogens is 396 g/mol. The summed E-state index contributed by atoms with van der Waals surface area (Å²) in [6.07, 6.45) is 16.6. The third kappa shape index (κ3) is 2.77. The summed E-state index contributed by atoms with van der Waals surface area (Å²) in [5, 5.41) is 10.4. The second kappa shape index (κ2) is 7.08. The Balaban J connectivity index is 1.24. The number of rotatable bonds is 5. The lowest BCUT2D eigenvalue weighted by molar-refractivity contribution is -0.497. The van der Waals surface area contributed by atoms with Crippen molar-refractivity contribution in [2.24, 2.45) is 52.3 Å². The number of hydrogen-bond donors (Lipinski definition) is 1. The van der Waals surface area contributed by atoms with Gasteiger partial charge < -0.3 is 5.11 Å². The van der Waals surface area contributed by atoms with E-state index in [4.69, 9.17) is 9.78 Å². The Bertz CT molecular complexity index is 793. The molecule has 3 unspecified atom stereocenters. The van der Waals surface area contributed by atoms with Crippen LogP contribution in [0, 0.1) is 52.3 Å². The molecule has 2 aliphatic heterocycles. The van der Waals surface area contributed by atoms with Crippen LogP contribution in [0.5, 0.6) is 0 Å². The van der Waals surface area contributed by atoms with Gasteiger partial charge in [-0.15, -0.1) is 0 Å². The fourth-order valence-corrected chi connectivity index (χ4v) is 10.2. The lowest BCUT2D eigenvalue weighted by atomic mass is 9.42. The Hall–Kier alpha value is -0.380. The molecule has 1 saturated heterocycles. The normalized spacial score (nSPS) is 57.4. The molecule has 180 valence electrons. The molecule has 12 atom stereocenters. The third-order valence-corrected chi connectivity index (χ3v) is 12.4. The summed E-state index contributed by atoms with van der Waals surface area (Å²) in [4.78, 5) is 12.8. The first-order valence-electron chi connectivity index (χ1n) is 13.9. The Morgan fingerprint density at radius 1 is 0.938 bits per heavy atom. The molecular formula is C29H46O3. The highest BCUT2D eigenvalue weighted by atomic mass is 17.2. The average Bonchev–Trinajstić information content (AvgIpc) is 3.38. The topological polar surface area (TPSA) is 38.7 Å². The summed E-state index contributed by atoms with van der Waals surface area (Å²) in [6, 6.07) is 0. The van der Waals surface area contributed by atoms with E-state index < -0.39 is 5.60 Å². The minimum atomic E-state index is -0.424. The third-order valence-electron chi connectivity index (χ3n) is 12.4. The van der Waals surface area contributed by atoms with Gasteiger partial charge >= 0.3 is 0 Å². The lowest BCUT2D eigenvalue weighted by Crippen LogP contribution is -2.73. The minimum absolute atomic E-state index is 0.0840. The van der Waals surface area contributed by atoms with Crippen molar-refractivity contribution in [3.63, 3.8) is 0 Å². The van der Waals surface area contributed by atoms with E-state index in [1.807, 2.05) is 0 Å². The highest BCUT2D eigenvalue weighted by molar-refractivity contribution is 5.33. The summed E-state index contributed by atoms with van der Waals surface area (Å²) in [5.41, 5.74) is -0.245. The number of aliphatic hydroxyl groups excluding tert-OH is 1. The molecule has 32 heavy (non-hydrogen) atoms. The predicted molar refractivity (Wildman–Crippen MR) is 127 cm³/mol. The van der Waals surface area contributed by atoms with E-state index in [-0.39, 0.29) is 17.1 Å². The summed E-state index contributed by atoms with van der Waals surface area (Å²) < 4.78 is 0. The quantitative estimate of drug-likeness (QED) is 0.380. The van der Waals surface area contributed by atoms with Crippen molar-refractivity contribution in [2.45, 2.75) is 116 Å². The molecule has 3 heteroatoms. The number of hydrogen-bond acceptors (Lipinski definition) is 3. The molecule has 4 saturated carbocycles. The Labute approximate surface area is 195 Å². The van der Waals surface area contributed by atoms with Gasteiger partial charge in [0, 0.05) is 23.7 Å². The number of fused-ring (bicyclic) bond motifs is 2. The van der Waals surface area contributed by atoms with Crippen LogP contribution in [0.4, 0.5) is 0 Å². The van der Waals surface area contributed by atoms with Gasteiger partial charge in [0.1, 0.15) is 11.2 Å². The monoisotopic (exact) mass is 442 g/mol. The van der Waals surface area contributed by atoms with Crippen molar-refractivity contribution < 1.29 is 14.9 Å². The first kappa shape index (κ1) is 22.1. The maximum Gasteiger partial charge on any atom is 0.130 e. The highest BCUT2D eigenvalue weighted by Crippen LogP contribution is 2.72. The highest BCUT2D eigenvalue weighted by Gasteiger charge is 2.74. The molecule has 7 aliphatic rings. The van der Waals surface area contributed by atoms with Gasteiger partial charge in [0.25, 0.3) is 0 Å². The van der Waals surface area contributed by atoms with Crippen LogP contribution in [-0.4, -0.2) is 22.4 Å². The minimum Gasteiger partial charge on any atom is -0.393 e. The largest absolute Gasteiger partial charge is 0.393 e. The van der Waals surface area contributed by atoms with Crippen LogP contribution in [0.3, 0.4) is 0 Å². The summed E-state index contributed by atoms with van der Waals surface area (Å²) in [6.45, 7) is 12.5.